The topological polar surface area (TPSA) is 50.3 Å². The summed E-state index contributed by atoms with van der Waals surface area (Å²) in [6.07, 6.45) is 2.65. The Morgan fingerprint density at radius 3 is 2.83 bits per heavy atom. The van der Waals surface area contributed by atoms with Crippen LogP contribution in [-0.2, 0) is 6.54 Å². The van der Waals surface area contributed by atoms with Gasteiger partial charge in [-0.25, -0.2) is 0 Å². The molecule has 1 saturated heterocycles. The van der Waals surface area contributed by atoms with Crippen LogP contribution in [-0.4, -0.2) is 47.4 Å². The predicted molar refractivity (Wildman–Crippen MR) is 73.1 cm³/mol. The molecule has 1 N–H and O–H groups in total. The van der Waals surface area contributed by atoms with Crippen LogP contribution in [0.4, 0.5) is 0 Å². The summed E-state index contributed by atoms with van der Waals surface area (Å²) in [5.74, 6) is 0. The average molecular weight is 270 g/mol. The molecule has 0 spiro atoms. The normalized spacial score (nSPS) is 16.6. The second kappa shape index (κ2) is 7.01. The fraction of sp³-hybridized carbons (Fsp3) is 0.833. The van der Waals surface area contributed by atoms with Crippen LogP contribution in [0.1, 0.15) is 31.7 Å². The van der Waals surface area contributed by atoms with E-state index in [9.17, 15) is 0 Å². The molecule has 0 amide bonds. The third-order valence-electron chi connectivity index (χ3n) is 2.94. The smallest absolute Gasteiger partial charge is 0.294 e. The Morgan fingerprint density at radius 2 is 2.11 bits per heavy atom. The molecule has 1 aliphatic heterocycles. The van der Waals surface area contributed by atoms with Crippen molar-refractivity contribution in [1.29, 1.82) is 0 Å². The summed E-state index contributed by atoms with van der Waals surface area (Å²) in [4.78, 5) is 2.43. The van der Waals surface area contributed by atoms with Gasteiger partial charge in [-0.2, -0.15) is 0 Å². The molecule has 1 fully saturated rings. The van der Waals surface area contributed by atoms with Gasteiger partial charge in [0.25, 0.3) is 5.19 Å². The van der Waals surface area contributed by atoms with E-state index in [-0.39, 0.29) is 0 Å². The Bertz CT molecular complexity index is 350. The van der Waals surface area contributed by atoms with Gasteiger partial charge in [-0.05, 0) is 25.9 Å². The van der Waals surface area contributed by atoms with E-state index < -0.39 is 0 Å². The Labute approximate surface area is 113 Å². The molecule has 5 nitrogen and oxygen atoms in total. The molecular weight excluding hydrogens is 248 g/mol. The average Bonchev–Trinajstić information content (AvgIpc) is 2.97. The van der Waals surface area contributed by atoms with Gasteiger partial charge in [0, 0.05) is 12.6 Å². The van der Waals surface area contributed by atoms with Gasteiger partial charge in [0.05, 0.1) is 6.54 Å². The number of aromatic nitrogens is 2. The van der Waals surface area contributed by atoms with E-state index in [4.69, 9.17) is 4.74 Å². The van der Waals surface area contributed by atoms with Crippen molar-refractivity contribution in [2.45, 2.75) is 39.3 Å². The third-order valence-corrected chi connectivity index (χ3v) is 3.78. The van der Waals surface area contributed by atoms with Crippen LogP contribution in [0.15, 0.2) is 0 Å². The molecule has 1 aromatic heterocycles. The second-order valence-corrected chi connectivity index (χ2v) is 5.92. The molecule has 6 heteroatoms. The van der Waals surface area contributed by atoms with Crippen LogP contribution in [0.2, 0.25) is 0 Å². The first-order chi connectivity index (χ1) is 8.74. The zero-order chi connectivity index (χ0) is 12.8. The first-order valence-corrected chi connectivity index (χ1v) is 7.46. The number of ether oxygens (including phenoxy) is 1. The molecule has 102 valence electrons. The predicted octanol–water partition coefficient (Wildman–Crippen LogP) is 1.51. The van der Waals surface area contributed by atoms with E-state index in [0.29, 0.717) is 17.8 Å². The van der Waals surface area contributed by atoms with Crippen molar-refractivity contribution in [2.75, 3.05) is 26.2 Å². The maximum Gasteiger partial charge on any atom is 0.294 e. The molecule has 0 radical (unpaired) electrons. The highest BCUT2D eigenvalue weighted by Gasteiger charge is 2.11. The molecule has 0 aliphatic carbocycles. The molecule has 0 unspecified atom stereocenters. The number of nitrogens with zero attached hydrogens (tertiary/aromatic N) is 3. The Kier molecular flexibility index (Phi) is 5.34. The molecule has 0 atom stereocenters. The first-order valence-electron chi connectivity index (χ1n) is 6.65. The van der Waals surface area contributed by atoms with E-state index in [0.717, 1.165) is 18.1 Å². The lowest BCUT2D eigenvalue weighted by molar-refractivity contribution is 0.236. The van der Waals surface area contributed by atoms with Crippen molar-refractivity contribution in [2.24, 2.45) is 0 Å². The van der Waals surface area contributed by atoms with E-state index in [1.165, 1.54) is 37.3 Å². The zero-order valence-corrected chi connectivity index (χ0v) is 12.0. The number of likely N-dealkylation sites (tertiary alicyclic amines) is 1. The SMILES string of the molecule is CC(C)NCc1nnc(OCCN2CCCC2)s1. The van der Waals surface area contributed by atoms with Crippen LogP contribution < -0.4 is 10.1 Å². The van der Waals surface area contributed by atoms with Gasteiger partial charge in [0.2, 0.25) is 0 Å². The van der Waals surface area contributed by atoms with Gasteiger partial charge in [-0.3, -0.25) is 4.90 Å². The highest BCUT2D eigenvalue weighted by Crippen LogP contribution is 2.17. The van der Waals surface area contributed by atoms with Gasteiger partial charge >= 0.3 is 0 Å². The van der Waals surface area contributed by atoms with Crippen LogP contribution in [0.25, 0.3) is 0 Å². The molecule has 1 aliphatic rings. The van der Waals surface area contributed by atoms with Gasteiger partial charge in [-0.1, -0.05) is 25.2 Å². The summed E-state index contributed by atoms with van der Waals surface area (Å²) in [6, 6.07) is 0.466. The largest absolute Gasteiger partial charge is 0.468 e. The summed E-state index contributed by atoms with van der Waals surface area (Å²) in [5, 5.41) is 13.1. The minimum atomic E-state index is 0.466. The van der Waals surface area contributed by atoms with E-state index in [2.05, 4.69) is 34.3 Å². The summed E-state index contributed by atoms with van der Waals surface area (Å²) < 4.78 is 5.63. The van der Waals surface area contributed by atoms with Crippen molar-refractivity contribution in [1.82, 2.24) is 20.4 Å². The molecule has 18 heavy (non-hydrogen) atoms. The molecule has 1 aromatic rings. The molecule has 2 heterocycles. The van der Waals surface area contributed by atoms with E-state index >= 15 is 0 Å². The molecule has 0 bridgehead atoms. The van der Waals surface area contributed by atoms with Gasteiger partial charge in [0.1, 0.15) is 11.6 Å². The molecular formula is C12H22N4OS. The molecule has 0 aromatic carbocycles. The minimum Gasteiger partial charge on any atom is -0.468 e. The lowest BCUT2D eigenvalue weighted by Crippen LogP contribution is -2.25. The molecule has 0 saturated carbocycles. The van der Waals surface area contributed by atoms with Crippen molar-refractivity contribution in [3.8, 4) is 5.19 Å². The third kappa shape index (κ3) is 4.51. The number of hydrogen-bond donors (Lipinski definition) is 1. The number of hydrogen-bond acceptors (Lipinski definition) is 6. The second-order valence-electron chi connectivity index (χ2n) is 4.89. The van der Waals surface area contributed by atoms with Crippen LogP contribution in [0.5, 0.6) is 5.19 Å². The Morgan fingerprint density at radius 1 is 1.33 bits per heavy atom. The van der Waals surface area contributed by atoms with E-state index in [1.54, 1.807) is 0 Å². The highest BCUT2D eigenvalue weighted by molar-refractivity contribution is 7.13. The fourth-order valence-corrected chi connectivity index (χ4v) is 2.59. The lowest BCUT2D eigenvalue weighted by Gasteiger charge is -2.13. The summed E-state index contributed by atoms with van der Waals surface area (Å²) in [7, 11) is 0. The fourth-order valence-electron chi connectivity index (χ4n) is 1.93. The summed E-state index contributed by atoms with van der Waals surface area (Å²) >= 11 is 1.53. The monoisotopic (exact) mass is 270 g/mol. The number of nitrogens with one attached hydrogen (secondary N) is 1. The van der Waals surface area contributed by atoms with Crippen LogP contribution >= 0.6 is 11.3 Å². The number of rotatable bonds is 7. The van der Waals surface area contributed by atoms with Crippen molar-refractivity contribution >= 4 is 11.3 Å². The maximum atomic E-state index is 5.63. The quantitative estimate of drug-likeness (QED) is 0.814. The first kappa shape index (κ1) is 13.7. The Balaban J connectivity index is 1.66. The summed E-state index contributed by atoms with van der Waals surface area (Å²) in [6.45, 7) is 9.14. The lowest BCUT2D eigenvalue weighted by atomic mass is 10.4. The van der Waals surface area contributed by atoms with E-state index in [1.807, 2.05) is 0 Å². The van der Waals surface area contributed by atoms with Gasteiger partial charge < -0.3 is 10.1 Å². The Hall–Kier alpha value is -0.720. The summed E-state index contributed by atoms with van der Waals surface area (Å²) in [5.41, 5.74) is 0. The van der Waals surface area contributed by atoms with Gasteiger partial charge in [-0.15, -0.1) is 10.2 Å². The zero-order valence-electron chi connectivity index (χ0n) is 11.2. The standard InChI is InChI=1S/C12H22N4OS/c1-10(2)13-9-11-14-15-12(18-11)17-8-7-16-5-3-4-6-16/h10,13H,3-9H2,1-2H3. The maximum absolute atomic E-state index is 5.63. The van der Waals surface area contributed by atoms with Crippen LogP contribution in [0, 0.1) is 0 Å². The van der Waals surface area contributed by atoms with Gasteiger partial charge in [0.15, 0.2) is 0 Å². The minimum absolute atomic E-state index is 0.466. The van der Waals surface area contributed by atoms with Crippen molar-refractivity contribution in [3.05, 3.63) is 5.01 Å². The molecule has 2 rings (SSSR count). The van der Waals surface area contributed by atoms with Crippen molar-refractivity contribution < 1.29 is 4.74 Å². The highest BCUT2D eigenvalue weighted by atomic mass is 32.1. The van der Waals surface area contributed by atoms with Crippen molar-refractivity contribution in [3.63, 3.8) is 0 Å². The van der Waals surface area contributed by atoms with Crippen LogP contribution in [0.3, 0.4) is 0 Å².